The van der Waals surface area contributed by atoms with Crippen LogP contribution in [0.1, 0.15) is 68.8 Å². The number of aryl methyl sites for hydroxylation is 1. The lowest BCUT2D eigenvalue weighted by atomic mass is 9.93. The summed E-state index contributed by atoms with van der Waals surface area (Å²) in [4.78, 5) is 12.5. The zero-order chi connectivity index (χ0) is 13.7. The Hall–Kier alpha value is -0.640. The average molecular weight is 327 g/mol. The quantitative estimate of drug-likeness (QED) is 0.585. The molecular formula is C15H23BrN2O. The monoisotopic (exact) mass is 326 g/mol. The van der Waals surface area contributed by atoms with E-state index in [0.717, 1.165) is 23.1 Å². The first kappa shape index (κ1) is 14.8. The predicted molar refractivity (Wildman–Crippen MR) is 80.4 cm³/mol. The van der Waals surface area contributed by atoms with Gasteiger partial charge < -0.3 is 0 Å². The Morgan fingerprint density at radius 1 is 1.37 bits per heavy atom. The fourth-order valence-corrected chi connectivity index (χ4v) is 3.47. The average Bonchev–Trinajstić information content (AvgIpc) is 2.61. The zero-order valence-electron chi connectivity index (χ0n) is 11.7. The molecule has 0 unspecified atom stereocenters. The molecule has 19 heavy (non-hydrogen) atoms. The number of rotatable bonds is 5. The lowest BCUT2D eigenvalue weighted by Gasteiger charge is -2.13. The van der Waals surface area contributed by atoms with Crippen molar-refractivity contribution in [2.75, 3.05) is 0 Å². The Balaban J connectivity index is 2.04. The van der Waals surface area contributed by atoms with E-state index in [9.17, 15) is 4.79 Å². The molecule has 0 N–H and O–H groups in total. The van der Waals surface area contributed by atoms with Crippen LogP contribution >= 0.6 is 15.9 Å². The molecule has 0 atom stereocenters. The lowest BCUT2D eigenvalue weighted by molar-refractivity contribution is 0.0945. The molecular weight excluding hydrogens is 304 g/mol. The Bertz CT molecular complexity index is 420. The van der Waals surface area contributed by atoms with Crippen LogP contribution in [0.3, 0.4) is 0 Å². The van der Waals surface area contributed by atoms with E-state index in [1.807, 2.05) is 4.68 Å². The Labute approximate surface area is 123 Å². The SMILES string of the molecule is CCCn1ncc(Br)c1C(=O)CC1CCCCCC1. The predicted octanol–water partition coefficient (Wildman–Crippen LogP) is 4.60. The molecule has 0 aromatic carbocycles. The van der Waals surface area contributed by atoms with Gasteiger partial charge in [-0.2, -0.15) is 5.10 Å². The molecule has 1 heterocycles. The molecule has 4 heteroatoms. The van der Waals surface area contributed by atoms with Crippen molar-refractivity contribution in [1.82, 2.24) is 9.78 Å². The highest BCUT2D eigenvalue weighted by Gasteiger charge is 2.21. The molecule has 0 radical (unpaired) electrons. The summed E-state index contributed by atoms with van der Waals surface area (Å²) >= 11 is 3.46. The highest BCUT2D eigenvalue weighted by molar-refractivity contribution is 9.10. The van der Waals surface area contributed by atoms with Gasteiger partial charge in [0, 0.05) is 13.0 Å². The normalized spacial score (nSPS) is 17.4. The molecule has 0 saturated heterocycles. The van der Waals surface area contributed by atoms with Crippen LogP contribution in [0, 0.1) is 5.92 Å². The number of aromatic nitrogens is 2. The van der Waals surface area contributed by atoms with Gasteiger partial charge in [-0.3, -0.25) is 9.48 Å². The first-order chi connectivity index (χ1) is 9.22. The number of hydrogen-bond acceptors (Lipinski definition) is 2. The summed E-state index contributed by atoms with van der Waals surface area (Å²) in [5.74, 6) is 0.830. The molecule has 0 aliphatic heterocycles. The van der Waals surface area contributed by atoms with Crippen molar-refractivity contribution < 1.29 is 4.79 Å². The van der Waals surface area contributed by atoms with E-state index in [1.165, 1.54) is 38.5 Å². The topological polar surface area (TPSA) is 34.9 Å². The Kier molecular flexibility index (Phi) is 5.61. The van der Waals surface area contributed by atoms with Gasteiger partial charge in [0.25, 0.3) is 0 Å². The standard InChI is InChI=1S/C15H23BrN2O/c1-2-9-18-15(13(16)11-17-18)14(19)10-12-7-5-3-4-6-8-12/h11-12H,2-10H2,1H3. The smallest absolute Gasteiger partial charge is 0.182 e. The number of ketones is 1. The number of hydrogen-bond donors (Lipinski definition) is 0. The van der Waals surface area contributed by atoms with Crippen LogP contribution in [-0.4, -0.2) is 15.6 Å². The van der Waals surface area contributed by atoms with Crippen molar-refractivity contribution in [3.8, 4) is 0 Å². The summed E-state index contributed by atoms with van der Waals surface area (Å²) in [6, 6.07) is 0. The van der Waals surface area contributed by atoms with Gasteiger partial charge >= 0.3 is 0 Å². The maximum Gasteiger partial charge on any atom is 0.182 e. The van der Waals surface area contributed by atoms with Crippen LogP contribution in [0.2, 0.25) is 0 Å². The molecule has 0 bridgehead atoms. The van der Waals surface area contributed by atoms with Gasteiger partial charge in [0.05, 0.1) is 10.7 Å². The summed E-state index contributed by atoms with van der Waals surface area (Å²) < 4.78 is 2.70. The van der Waals surface area contributed by atoms with Crippen LogP contribution in [0.5, 0.6) is 0 Å². The Morgan fingerprint density at radius 2 is 2.05 bits per heavy atom. The molecule has 1 saturated carbocycles. The van der Waals surface area contributed by atoms with E-state index in [1.54, 1.807) is 6.20 Å². The van der Waals surface area contributed by atoms with Crippen LogP contribution < -0.4 is 0 Å². The second-order valence-corrected chi connectivity index (χ2v) is 6.40. The number of Topliss-reactive ketones (excluding diaryl/α,β-unsaturated/α-hetero) is 1. The van der Waals surface area contributed by atoms with E-state index in [0.29, 0.717) is 12.3 Å². The summed E-state index contributed by atoms with van der Waals surface area (Å²) in [7, 11) is 0. The van der Waals surface area contributed by atoms with Gasteiger partial charge in [-0.1, -0.05) is 45.4 Å². The molecule has 1 aliphatic rings. The molecule has 1 aliphatic carbocycles. The molecule has 1 aromatic heterocycles. The van der Waals surface area contributed by atoms with Gasteiger partial charge in [0.15, 0.2) is 5.78 Å². The second kappa shape index (κ2) is 7.22. The molecule has 0 amide bonds. The highest BCUT2D eigenvalue weighted by atomic mass is 79.9. The van der Waals surface area contributed by atoms with Crippen LogP contribution in [0.4, 0.5) is 0 Å². The van der Waals surface area contributed by atoms with Gasteiger partial charge in [0.1, 0.15) is 5.69 Å². The van der Waals surface area contributed by atoms with Crippen LogP contribution in [0.25, 0.3) is 0 Å². The fourth-order valence-electron chi connectivity index (χ4n) is 2.95. The van der Waals surface area contributed by atoms with Crippen LogP contribution in [0.15, 0.2) is 10.7 Å². The molecule has 106 valence electrons. The summed E-state index contributed by atoms with van der Waals surface area (Å²) in [6.45, 7) is 2.92. The Morgan fingerprint density at radius 3 is 2.68 bits per heavy atom. The van der Waals surface area contributed by atoms with E-state index in [4.69, 9.17) is 0 Å². The number of carbonyl (C=O) groups excluding carboxylic acids is 1. The third kappa shape index (κ3) is 3.91. The van der Waals surface area contributed by atoms with Crippen LogP contribution in [-0.2, 0) is 6.54 Å². The van der Waals surface area contributed by atoms with Crippen molar-refractivity contribution in [2.45, 2.75) is 64.8 Å². The van der Waals surface area contributed by atoms with E-state index in [2.05, 4.69) is 28.0 Å². The number of nitrogens with zero attached hydrogens (tertiary/aromatic N) is 2. The molecule has 1 fully saturated rings. The van der Waals surface area contributed by atoms with Crippen molar-refractivity contribution in [2.24, 2.45) is 5.92 Å². The minimum atomic E-state index is 0.254. The summed E-state index contributed by atoms with van der Waals surface area (Å²) in [5, 5.41) is 4.29. The van der Waals surface area contributed by atoms with E-state index in [-0.39, 0.29) is 5.78 Å². The first-order valence-electron chi connectivity index (χ1n) is 7.47. The molecule has 2 rings (SSSR count). The first-order valence-corrected chi connectivity index (χ1v) is 8.26. The zero-order valence-corrected chi connectivity index (χ0v) is 13.3. The number of carbonyl (C=O) groups is 1. The van der Waals surface area contributed by atoms with Gasteiger partial charge in [-0.15, -0.1) is 0 Å². The molecule has 3 nitrogen and oxygen atoms in total. The van der Waals surface area contributed by atoms with E-state index < -0.39 is 0 Å². The van der Waals surface area contributed by atoms with Crippen molar-refractivity contribution in [3.05, 3.63) is 16.4 Å². The van der Waals surface area contributed by atoms with Gasteiger partial charge in [0.2, 0.25) is 0 Å². The maximum absolute atomic E-state index is 12.5. The maximum atomic E-state index is 12.5. The second-order valence-electron chi connectivity index (χ2n) is 5.55. The third-order valence-electron chi connectivity index (χ3n) is 3.94. The summed E-state index contributed by atoms with van der Waals surface area (Å²) in [6.07, 6.45) is 11.1. The van der Waals surface area contributed by atoms with Crippen molar-refractivity contribution in [3.63, 3.8) is 0 Å². The minimum Gasteiger partial charge on any atom is -0.292 e. The fraction of sp³-hybridized carbons (Fsp3) is 0.733. The highest BCUT2D eigenvalue weighted by Crippen LogP contribution is 2.28. The van der Waals surface area contributed by atoms with Gasteiger partial charge in [-0.25, -0.2) is 0 Å². The third-order valence-corrected chi connectivity index (χ3v) is 4.52. The van der Waals surface area contributed by atoms with Crippen molar-refractivity contribution >= 4 is 21.7 Å². The molecule has 1 aromatic rings. The largest absolute Gasteiger partial charge is 0.292 e. The lowest BCUT2D eigenvalue weighted by Crippen LogP contribution is -2.14. The number of halogens is 1. The van der Waals surface area contributed by atoms with Gasteiger partial charge in [-0.05, 0) is 28.3 Å². The van der Waals surface area contributed by atoms with Crippen molar-refractivity contribution in [1.29, 1.82) is 0 Å². The van der Waals surface area contributed by atoms with E-state index >= 15 is 0 Å². The minimum absolute atomic E-state index is 0.254. The molecule has 0 spiro atoms. The summed E-state index contributed by atoms with van der Waals surface area (Å²) in [5.41, 5.74) is 0.770.